The number of nitrogens with two attached hydrogens (primary N) is 1. The Morgan fingerprint density at radius 3 is 2.82 bits per heavy atom. The van der Waals surface area contributed by atoms with E-state index in [9.17, 15) is 4.39 Å². The van der Waals surface area contributed by atoms with Crippen LogP contribution in [0.2, 0.25) is 0 Å². The van der Waals surface area contributed by atoms with Gasteiger partial charge in [0.25, 0.3) is 0 Å². The Labute approximate surface area is 103 Å². The Balaban J connectivity index is 2.15. The Morgan fingerprint density at radius 1 is 1.35 bits per heavy atom. The minimum absolute atomic E-state index is 0.143. The van der Waals surface area contributed by atoms with E-state index in [1.54, 1.807) is 11.3 Å². The van der Waals surface area contributed by atoms with Crippen molar-refractivity contribution in [2.75, 3.05) is 12.8 Å². The van der Waals surface area contributed by atoms with E-state index in [0.717, 1.165) is 4.88 Å². The van der Waals surface area contributed by atoms with Crippen molar-refractivity contribution in [1.82, 2.24) is 0 Å². The highest BCUT2D eigenvalue weighted by Crippen LogP contribution is 2.30. The fourth-order valence-electron chi connectivity index (χ4n) is 1.38. The summed E-state index contributed by atoms with van der Waals surface area (Å²) in [4.78, 5) is 1.03. The van der Waals surface area contributed by atoms with Crippen molar-refractivity contribution < 1.29 is 13.9 Å². The maximum atomic E-state index is 13.5. The molecule has 0 unspecified atom stereocenters. The summed E-state index contributed by atoms with van der Waals surface area (Å²) >= 11 is 1.56. The zero-order chi connectivity index (χ0) is 12.3. The molecule has 3 nitrogen and oxygen atoms in total. The standard InChI is InChI=1S/C12H12FNO2S/c1-15-12-6-11(9(13)5-10(12)14)16-7-8-3-2-4-17-8/h2-6H,7,14H2,1H3. The molecule has 2 rings (SSSR count). The minimum Gasteiger partial charge on any atom is -0.494 e. The zero-order valence-corrected chi connectivity index (χ0v) is 10.1. The number of rotatable bonds is 4. The molecule has 0 aliphatic carbocycles. The van der Waals surface area contributed by atoms with Crippen LogP contribution in [-0.2, 0) is 6.61 Å². The van der Waals surface area contributed by atoms with Gasteiger partial charge < -0.3 is 15.2 Å². The van der Waals surface area contributed by atoms with Crippen molar-refractivity contribution in [2.45, 2.75) is 6.61 Å². The normalized spacial score (nSPS) is 10.2. The molecule has 0 aliphatic heterocycles. The van der Waals surface area contributed by atoms with Gasteiger partial charge in [0.1, 0.15) is 12.4 Å². The zero-order valence-electron chi connectivity index (χ0n) is 9.27. The highest BCUT2D eigenvalue weighted by Gasteiger charge is 2.09. The van der Waals surface area contributed by atoms with Crippen LogP contribution in [0.5, 0.6) is 11.5 Å². The van der Waals surface area contributed by atoms with Crippen LogP contribution in [0.3, 0.4) is 0 Å². The first-order valence-corrected chi connectivity index (χ1v) is 5.87. The minimum atomic E-state index is -0.486. The summed E-state index contributed by atoms with van der Waals surface area (Å²) in [6.07, 6.45) is 0. The number of methoxy groups -OCH3 is 1. The quantitative estimate of drug-likeness (QED) is 0.852. The van der Waals surface area contributed by atoms with Gasteiger partial charge in [0.2, 0.25) is 0 Å². The van der Waals surface area contributed by atoms with Crippen LogP contribution in [0.15, 0.2) is 29.6 Å². The lowest BCUT2D eigenvalue weighted by Gasteiger charge is -2.10. The molecule has 0 atom stereocenters. The van der Waals surface area contributed by atoms with E-state index in [-0.39, 0.29) is 11.4 Å². The molecule has 5 heteroatoms. The SMILES string of the molecule is COc1cc(OCc2cccs2)c(F)cc1N. The molecule has 90 valence electrons. The van der Waals surface area contributed by atoms with Crippen molar-refractivity contribution in [2.24, 2.45) is 0 Å². The summed E-state index contributed by atoms with van der Waals surface area (Å²) in [5.74, 6) is 0.0666. The van der Waals surface area contributed by atoms with Crippen LogP contribution in [0.4, 0.5) is 10.1 Å². The fraction of sp³-hybridized carbons (Fsp3) is 0.167. The molecule has 0 spiro atoms. The van der Waals surface area contributed by atoms with Crippen LogP contribution in [-0.4, -0.2) is 7.11 Å². The summed E-state index contributed by atoms with van der Waals surface area (Å²) in [7, 11) is 1.48. The highest BCUT2D eigenvalue weighted by molar-refractivity contribution is 7.09. The number of anilines is 1. The molecule has 17 heavy (non-hydrogen) atoms. The van der Waals surface area contributed by atoms with Crippen molar-refractivity contribution in [1.29, 1.82) is 0 Å². The van der Waals surface area contributed by atoms with E-state index in [1.807, 2.05) is 17.5 Å². The van der Waals surface area contributed by atoms with Gasteiger partial charge in [0, 0.05) is 17.0 Å². The summed E-state index contributed by atoms with van der Waals surface area (Å²) in [6, 6.07) is 6.50. The van der Waals surface area contributed by atoms with Crippen LogP contribution in [0.1, 0.15) is 4.88 Å². The molecule has 1 aromatic carbocycles. The summed E-state index contributed by atoms with van der Waals surface area (Å²) in [5.41, 5.74) is 5.83. The molecular formula is C12H12FNO2S. The second-order valence-corrected chi connectivity index (χ2v) is 4.42. The van der Waals surface area contributed by atoms with E-state index in [0.29, 0.717) is 12.4 Å². The Hall–Kier alpha value is -1.75. The summed E-state index contributed by atoms with van der Waals surface area (Å²) < 4.78 is 23.9. The molecule has 0 saturated carbocycles. The van der Waals surface area contributed by atoms with Gasteiger partial charge in [-0.05, 0) is 11.4 Å². The largest absolute Gasteiger partial charge is 0.494 e. The average molecular weight is 253 g/mol. The van der Waals surface area contributed by atoms with E-state index >= 15 is 0 Å². The molecule has 2 N–H and O–H groups in total. The highest BCUT2D eigenvalue weighted by atomic mass is 32.1. The van der Waals surface area contributed by atoms with Crippen LogP contribution < -0.4 is 15.2 Å². The van der Waals surface area contributed by atoms with Crippen molar-refractivity contribution in [3.8, 4) is 11.5 Å². The third-order valence-electron chi connectivity index (χ3n) is 2.23. The van der Waals surface area contributed by atoms with Gasteiger partial charge in [-0.3, -0.25) is 0 Å². The van der Waals surface area contributed by atoms with Gasteiger partial charge >= 0.3 is 0 Å². The number of thiophene rings is 1. The first-order valence-electron chi connectivity index (χ1n) is 4.99. The molecular weight excluding hydrogens is 241 g/mol. The predicted molar refractivity (Wildman–Crippen MR) is 66.0 cm³/mol. The van der Waals surface area contributed by atoms with Gasteiger partial charge in [-0.25, -0.2) is 4.39 Å². The topological polar surface area (TPSA) is 44.5 Å². The van der Waals surface area contributed by atoms with Crippen molar-refractivity contribution in [3.63, 3.8) is 0 Å². The van der Waals surface area contributed by atoms with E-state index < -0.39 is 5.82 Å². The number of hydrogen-bond acceptors (Lipinski definition) is 4. The van der Waals surface area contributed by atoms with Gasteiger partial charge in [-0.15, -0.1) is 11.3 Å². The van der Waals surface area contributed by atoms with Crippen LogP contribution in [0, 0.1) is 5.82 Å². The lowest BCUT2D eigenvalue weighted by Crippen LogP contribution is -1.99. The lowest BCUT2D eigenvalue weighted by atomic mass is 10.2. The maximum Gasteiger partial charge on any atom is 0.167 e. The van der Waals surface area contributed by atoms with E-state index in [2.05, 4.69) is 0 Å². The predicted octanol–water partition coefficient (Wildman–Crippen LogP) is 3.06. The molecule has 2 aromatic rings. The Kier molecular flexibility index (Phi) is 3.49. The number of hydrogen-bond donors (Lipinski definition) is 1. The maximum absolute atomic E-state index is 13.5. The number of nitrogen functional groups attached to an aromatic ring is 1. The molecule has 0 aliphatic rings. The van der Waals surface area contributed by atoms with Gasteiger partial charge in [0.05, 0.1) is 12.8 Å². The van der Waals surface area contributed by atoms with E-state index in [1.165, 1.54) is 19.2 Å². The first-order chi connectivity index (χ1) is 8.20. The fourth-order valence-corrected chi connectivity index (χ4v) is 2.00. The second-order valence-electron chi connectivity index (χ2n) is 3.39. The first kappa shape index (κ1) is 11.7. The summed E-state index contributed by atoms with van der Waals surface area (Å²) in [6.45, 7) is 0.335. The molecule has 1 aromatic heterocycles. The van der Waals surface area contributed by atoms with Crippen LogP contribution >= 0.6 is 11.3 Å². The molecule has 0 bridgehead atoms. The third kappa shape index (κ3) is 2.68. The molecule has 0 saturated heterocycles. The summed E-state index contributed by atoms with van der Waals surface area (Å²) in [5, 5.41) is 1.94. The monoisotopic (exact) mass is 253 g/mol. The molecule has 0 radical (unpaired) electrons. The lowest BCUT2D eigenvalue weighted by molar-refractivity contribution is 0.291. The number of halogens is 1. The van der Waals surface area contributed by atoms with Gasteiger partial charge in [-0.2, -0.15) is 0 Å². The smallest absolute Gasteiger partial charge is 0.167 e. The van der Waals surface area contributed by atoms with Crippen molar-refractivity contribution in [3.05, 3.63) is 40.3 Å². The Morgan fingerprint density at radius 2 is 2.18 bits per heavy atom. The second kappa shape index (κ2) is 5.05. The number of ether oxygens (including phenoxy) is 2. The number of benzene rings is 1. The third-order valence-corrected chi connectivity index (χ3v) is 3.08. The van der Waals surface area contributed by atoms with Gasteiger partial charge in [-0.1, -0.05) is 6.07 Å². The molecule has 1 heterocycles. The van der Waals surface area contributed by atoms with Gasteiger partial charge in [0.15, 0.2) is 11.6 Å². The van der Waals surface area contributed by atoms with E-state index in [4.69, 9.17) is 15.2 Å². The molecule has 0 amide bonds. The van der Waals surface area contributed by atoms with Crippen LogP contribution in [0.25, 0.3) is 0 Å². The average Bonchev–Trinajstić information content (AvgIpc) is 2.81. The molecule has 0 fully saturated rings. The van der Waals surface area contributed by atoms with Crippen molar-refractivity contribution >= 4 is 17.0 Å². The Bertz CT molecular complexity index is 499.